The van der Waals surface area contributed by atoms with Gasteiger partial charge in [-0.3, -0.25) is 9.59 Å². The van der Waals surface area contributed by atoms with Gasteiger partial charge in [0.05, 0.1) is 16.8 Å². The molecular formula is C17H17F3N2O3S. The second-order valence-electron chi connectivity index (χ2n) is 6.62. The number of rotatable bonds is 4. The van der Waals surface area contributed by atoms with Gasteiger partial charge in [-0.15, -0.1) is 11.3 Å². The van der Waals surface area contributed by atoms with E-state index in [9.17, 15) is 22.8 Å². The molecule has 26 heavy (non-hydrogen) atoms. The molecule has 1 aliphatic rings. The van der Waals surface area contributed by atoms with Crippen molar-refractivity contribution in [3.63, 3.8) is 0 Å². The average Bonchev–Trinajstić information content (AvgIpc) is 3.10. The molecule has 1 saturated carbocycles. The fourth-order valence-corrected chi connectivity index (χ4v) is 4.53. The summed E-state index contributed by atoms with van der Waals surface area (Å²) in [6, 6.07) is 2.21. The van der Waals surface area contributed by atoms with Crippen molar-refractivity contribution in [3.05, 3.63) is 28.3 Å². The number of aliphatic carboxylic acids is 1. The molecule has 0 unspecified atom stereocenters. The molecule has 0 atom stereocenters. The summed E-state index contributed by atoms with van der Waals surface area (Å²) in [5.41, 5.74) is -1.25. The number of amides is 1. The molecule has 5 nitrogen and oxygen atoms in total. The summed E-state index contributed by atoms with van der Waals surface area (Å²) in [5, 5.41) is 12.5. The molecule has 0 aromatic carbocycles. The van der Waals surface area contributed by atoms with Crippen LogP contribution in [-0.2, 0) is 11.0 Å². The van der Waals surface area contributed by atoms with Gasteiger partial charge < -0.3 is 10.4 Å². The molecule has 0 saturated heterocycles. The first-order valence-electron chi connectivity index (χ1n) is 8.13. The maximum atomic E-state index is 12.8. The number of halogens is 3. The highest BCUT2D eigenvalue weighted by molar-refractivity contribution is 7.20. The Morgan fingerprint density at radius 2 is 1.96 bits per heavy atom. The van der Waals surface area contributed by atoms with Gasteiger partial charge in [0.2, 0.25) is 0 Å². The van der Waals surface area contributed by atoms with Gasteiger partial charge in [-0.05, 0) is 37.5 Å². The lowest BCUT2D eigenvalue weighted by atomic mass is 9.93. The number of carbonyl (C=O) groups is 2. The molecule has 2 N–H and O–H groups in total. The minimum Gasteiger partial charge on any atom is -0.481 e. The summed E-state index contributed by atoms with van der Waals surface area (Å²) in [6.07, 6.45) is -1.91. The molecule has 2 aromatic rings. The number of aromatic nitrogens is 1. The van der Waals surface area contributed by atoms with Crippen LogP contribution in [0, 0.1) is 6.92 Å². The van der Waals surface area contributed by atoms with Crippen molar-refractivity contribution in [2.24, 2.45) is 0 Å². The standard InChI is InChI=1S/C17H17F3N2O3S/c1-9-10-4-5-11(17(18,19)20)21-15(10)26-13(9)14(25)22-16(8-12(23)24)6-2-3-7-16/h4-5H,2-3,6-8H2,1H3,(H,22,25)(H,23,24). The van der Waals surface area contributed by atoms with Gasteiger partial charge in [0.15, 0.2) is 0 Å². The molecule has 9 heteroatoms. The number of carboxylic acid groups (broad SMARTS) is 1. The van der Waals surface area contributed by atoms with Crippen molar-refractivity contribution in [1.82, 2.24) is 10.3 Å². The van der Waals surface area contributed by atoms with E-state index in [0.29, 0.717) is 23.8 Å². The first-order valence-corrected chi connectivity index (χ1v) is 8.95. The summed E-state index contributed by atoms with van der Waals surface area (Å²) in [6.45, 7) is 1.65. The third kappa shape index (κ3) is 3.53. The topological polar surface area (TPSA) is 79.3 Å². The van der Waals surface area contributed by atoms with Crippen LogP contribution in [0.15, 0.2) is 12.1 Å². The summed E-state index contributed by atoms with van der Waals surface area (Å²) in [4.78, 5) is 27.9. The Labute approximate surface area is 151 Å². The second kappa shape index (κ2) is 6.53. The predicted octanol–water partition coefficient (Wildman–Crippen LogP) is 4.14. The van der Waals surface area contributed by atoms with Crippen LogP contribution >= 0.6 is 11.3 Å². The van der Waals surface area contributed by atoms with Crippen molar-refractivity contribution in [1.29, 1.82) is 0 Å². The van der Waals surface area contributed by atoms with Crippen LogP contribution in [0.25, 0.3) is 10.2 Å². The number of carboxylic acids is 1. The highest BCUT2D eigenvalue weighted by Crippen LogP contribution is 2.36. The number of aryl methyl sites for hydroxylation is 1. The Bertz CT molecular complexity index is 870. The van der Waals surface area contributed by atoms with Crippen molar-refractivity contribution in [3.8, 4) is 0 Å². The normalized spacial score (nSPS) is 16.8. The maximum absolute atomic E-state index is 12.8. The maximum Gasteiger partial charge on any atom is 0.433 e. The van der Waals surface area contributed by atoms with E-state index in [4.69, 9.17) is 5.11 Å². The fraction of sp³-hybridized carbons (Fsp3) is 0.471. The molecule has 0 aliphatic heterocycles. The molecule has 2 aromatic heterocycles. The lowest BCUT2D eigenvalue weighted by Gasteiger charge is -2.28. The molecule has 1 amide bonds. The van der Waals surface area contributed by atoms with Crippen LogP contribution in [0.1, 0.15) is 53.0 Å². The highest BCUT2D eigenvalue weighted by atomic mass is 32.1. The Balaban J connectivity index is 1.93. The zero-order valence-electron chi connectivity index (χ0n) is 13.9. The second-order valence-corrected chi connectivity index (χ2v) is 7.61. The third-order valence-electron chi connectivity index (χ3n) is 4.73. The van der Waals surface area contributed by atoms with Crippen molar-refractivity contribution < 1.29 is 27.9 Å². The van der Waals surface area contributed by atoms with Gasteiger partial charge in [-0.2, -0.15) is 13.2 Å². The number of hydrogen-bond donors (Lipinski definition) is 2. The largest absolute Gasteiger partial charge is 0.481 e. The summed E-state index contributed by atoms with van der Waals surface area (Å²) >= 11 is 0.893. The van der Waals surface area contributed by atoms with E-state index in [1.54, 1.807) is 6.92 Å². The lowest BCUT2D eigenvalue weighted by Crippen LogP contribution is -2.47. The zero-order chi connectivity index (χ0) is 19.1. The Morgan fingerprint density at radius 3 is 2.54 bits per heavy atom. The Hall–Kier alpha value is -2.16. The minimum atomic E-state index is -4.55. The SMILES string of the molecule is Cc1c(C(=O)NC2(CC(=O)O)CCCC2)sc2nc(C(F)(F)F)ccc12. The number of fused-ring (bicyclic) bond motifs is 1. The number of nitrogens with zero attached hydrogens (tertiary/aromatic N) is 1. The molecule has 0 bridgehead atoms. The van der Waals surface area contributed by atoms with Crippen LogP contribution in [0.5, 0.6) is 0 Å². The number of thiophene rings is 1. The average molecular weight is 386 g/mol. The number of nitrogens with one attached hydrogen (secondary N) is 1. The van der Waals surface area contributed by atoms with Gasteiger partial charge in [0.25, 0.3) is 5.91 Å². The Kier molecular flexibility index (Phi) is 4.68. The molecule has 3 rings (SSSR count). The van der Waals surface area contributed by atoms with Crippen molar-refractivity contribution >= 4 is 33.4 Å². The molecular weight excluding hydrogens is 369 g/mol. The minimum absolute atomic E-state index is 0.140. The van der Waals surface area contributed by atoms with E-state index < -0.39 is 29.3 Å². The third-order valence-corrected chi connectivity index (χ3v) is 5.93. The number of pyridine rings is 1. The van der Waals surface area contributed by atoms with Gasteiger partial charge in [0, 0.05) is 5.39 Å². The summed E-state index contributed by atoms with van der Waals surface area (Å²) in [7, 11) is 0. The van der Waals surface area contributed by atoms with E-state index >= 15 is 0 Å². The van der Waals surface area contributed by atoms with Crippen molar-refractivity contribution in [2.45, 2.75) is 50.7 Å². The predicted molar refractivity (Wildman–Crippen MR) is 90.3 cm³/mol. The van der Waals surface area contributed by atoms with Crippen LogP contribution in [-0.4, -0.2) is 27.5 Å². The Morgan fingerprint density at radius 1 is 1.31 bits per heavy atom. The molecule has 0 spiro atoms. The van der Waals surface area contributed by atoms with Gasteiger partial charge in [-0.1, -0.05) is 12.8 Å². The fourth-order valence-electron chi connectivity index (χ4n) is 3.46. The van der Waals surface area contributed by atoms with E-state index in [1.165, 1.54) is 6.07 Å². The summed E-state index contributed by atoms with van der Waals surface area (Å²) < 4.78 is 38.5. The van der Waals surface area contributed by atoms with Crippen LogP contribution in [0.4, 0.5) is 13.2 Å². The monoisotopic (exact) mass is 386 g/mol. The lowest BCUT2D eigenvalue weighted by molar-refractivity contribution is -0.141. The molecule has 1 aliphatic carbocycles. The first kappa shape index (κ1) is 18.6. The van der Waals surface area contributed by atoms with E-state index in [-0.39, 0.29) is 16.1 Å². The van der Waals surface area contributed by atoms with Gasteiger partial charge in [0.1, 0.15) is 10.5 Å². The van der Waals surface area contributed by atoms with E-state index in [2.05, 4.69) is 10.3 Å². The van der Waals surface area contributed by atoms with Crippen LogP contribution in [0.2, 0.25) is 0 Å². The van der Waals surface area contributed by atoms with E-state index in [0.717, 1.165) is 30.2 Å². The quantitative estimate of drug-likeness (QED) is 0.828. The summed E-state index contributed by atoms with van der Waals surface area (Å²) in [5.74, 6) is -1.45. The zero-order valence-corrected chi connectivity index (χ0v) is 14.8. The van der Waals surface area contributed by atoms with Gasteiger partial charge in [-0.25, -0.2) is 4.98 Å². The first-order chi connectivity index (χ1) is 12.1. The highest BCUT2D eigenvalue weighted by Gasteiger charge is 2.38. The van der Waals surface area contributed by atoms with Crippen molar-refractivity contribution in [2.75, 3.05) is 0 Å². The van der Waals surface area contributed by atoms with Crippen LogP contribution < -0.4 is 5.32 Å². The van der Waals surface area contributed by atoms with Crippen LogP contribution in [0.3, 0.4) is 0 Å². The molecule has 0 radical (unpaired) electrons. The molecule has 1 fully saturated rings. The number of hydrogen-bond acceptors (Lipinski definition) is 4. The molecule has 140 valence electrons. The van der Waals surface area contributed by atoms with E-state index in [1.807, 2.05) is 0 Å². The smallest absolute Gasteiger partial charge is 0.433 e. The van der Waals surface area contributed by atoms with Gasteiger partial charge >= 0.3 is 12.1 Å². The number of alkyl halides is 3. The molecule has 2 heterocycles. The number of carbonyl (C=O) groups excluding carboxylic acids is 1.